The molecule has 0 fully saturated rings. The summed E-state index contributed by atoms with van der Waals surface area (Å²) in [7, 11) is 0. The van der Waals surface area contributed by atoms with Crippen LogP contribution >= 0.6 is 22.9 Å². The van der Waals surface area contributed by atoms with E-state index in [4.69, 9.17) is 11.6 Å². The van der Waals surface area contributed by atoms with Gasteiger partial charge >= 0.3 is 0 Å². The van der Waals surface area contributed by atoms with E-state index < -0.39 is 0 Å². The fraction of sp³-hybridized carbons (Fsp3) is 0.190. The first-order valence-corrected chi connectivity index (χ1v) is 9.92. The quantitative estimate of drug-likeness (QED) is 0.633. The first kappa shape index (κ1) is 20.0. The molecule has 3 rings (SSSR count). The third kappa shape index (κ3) is 4.58. The Morgan fingerprint density at radius 1 is 1.07 bits per heavy atom. The highest BCUT2D eigenvalue weighted by molar-refractivity contribution is 7.17. The molecular weight excluding hydrogens is 394 g/mol. The van der Waals surface area contributed by atoms with Gasteiger partial charge in [-0.1, -0.05) is 41.9 Å². The number of carbonyl (C=O) groups is 2. The lowest BCUT2D eigenvalue weighted by molar-refractivity contribution is -0.115. The number of hydrogen-bond acceptors (Lipinski definition) is 4. The van der Waals surface area contributed by atoms with Crippen molar-refractivity contribution in [2.45, 2.75) is 20.8 Å². The summed E-state index contributed by atoms with van der Waals surface area (Å²) in [4.78, 5) is 29.7. The number of para-hydroxylation sites is 1. The second kappa shape index (κ2) is 8.54. The molecule has 1 aromatic heterocycles. The van der Waals surface area contributed by atoms with Crippen LogP contribution in [0, 0.1) is 20.8 Å². The summed E-state index contributed by atoms with van der Waals surface area (Å²) in [6.45, 7) is 5.52. The number of hydrogen-bond donors (Lipinski definition) is 2. The van der Waals surface area contributed by atoms with Gasteiger partial charge in [-0.05, 0) is 44.0 Å². The zero-order chi connectivity index (χ0) is 20.3. The fourth-order valence-electron chi connectivity index (χ4n) is 2.79. The average molecular weight is 414 g/mol. The van der Waals surface area contributed by atoms with Crippen molar-refractivity contribution in [1.82, 2.24) is 10.3 Å². The zero-order valence-electron chi connectivity index (χ0n) is 15.8. The SMILES string of the molecule is Cc1cccc(C)c1NC(=O)CNC(=O)c1sc(-c2cccc(Cl)c2)nc1C. The third-order valence-corrected chi connectivity index (χ3v) is 5.67. The monoisotopic (exact) mass is 413 g/mol. The second-order valence-electron chi connectivity index (χ2n) is 6.44. The highest BCUT2D eigenvalue weighted by atomic mass is 35.5. The molecule has 3 aromatic rings. The van der Waals surface area contributed by atoms with Gasteiger partial charge in [-0.25, -0.2) is 4.98 Å². The Morgan fingerprint density at radius 3 is 2.43 bits per heavy atom. The summed E-state index contributed by atoms with van der Waals surface area (Å²) in [5.74, 6) is -0.595. The highest BCUT2D eigenvalue weighted by Gasteiger charge is 2.17. The second-order valence-corrected chi connectivity index (χ2v) is 7.88. The Hall–Kier alpha value is -2.70. The van der Waals surface area contributed by atoms with Crippen molar-refractivity contribution in [2.75, 3.05) is 11.9 Å². The number of aromatic nitrogens is 1. The van der Waals surface area contributed by atoms with Crippen LogP contribution in [0.1, 0.15) is 26.5 Å². The van der Waals surface area contributed by atoms with Gasteiger partial charge in [0.1, 0.15) is 9.88 Å². The van der Waals surface area contributed by atoms with Crippen LogP contribution in [0.15, 0.2) is 42.5 Å². The number of amides is 2. The van der Waals surface area contributed by atoms with Gasteiger partial charge in [0, 0.05) is 16.3 Å². The Morgan fingerprint density at radius 2 is 1.75 bits per heavy atom. The normalized spacial score (nSPS) is 10.6. The predicted octanol–water partition coefficient (Wildman–Crippen LogP) is 4.76. The van der Waals surface area contributed by atoms with Gasteiger partial charge in [-0.15, -0.1) is 11.3 Å². The molecule has 2 amide bonds. The van der Waals surface area contributed by atoms with Gasteiger partial charge < -0.3 is 10.6 Å². The van der Waals surface area contributed by atoms with E-state index in [-0.39, 0.29) is 18.4 Å². The zero-order valence-corrected chi connectivity index (χ0v) is 17.4. The molecule has 0 aliphatic heterocycles. The summed E-state index contributed by atoms with van der Waals surface area (Å²) in [6, 6.07) is 13.1. The van der Waals surface area contributed by atoms with Gasteiger partial charge in [0.05, 0.1) is 12.2 Å². The van der Waals surface area contributed by atoms with Crippen molar-refractivity contribution >= 4 is 40.4 Å². The molecule has 0 saturated heterocycles. The molecule has 0 radical (unpaired) electrons. The first-order valence-electron chi connectivity index (χ1n) is 8.73. The molecule has 28 heavy (non-hydrogen) atoms. The number of thiazole rings is 1. The van der Waals surface area contributed by atoms with Crippen LogP contribution in [0.2, 0.25) is 5.02 Å². The lowest BCUT2D eigenvalue weighted by atomic mass is 10.1. The highest BCUT2D eigenvalue weighted by Crippen LogP contribution is 2.29. The molecule has 0 spiro atoms. The molecule has 0 aliphatic carbocycles. The van der Waals surface area contributed by atoms with Crippen molar-refractivity contribution in [2.24, 2.45) is 0 Å². The van der Waals surface area contributed by atoms with E-state index in [1.807, 2.05) is 44.2 Å². The van der Waals surface area contributed by atoms with Gasteiger partial charge in [0.15, 0.2) is 0 Å². The van der Waals surface area contributed by atoms with E-state index in [1.165, 1.54) is 11.3 Å². The lowest BCUT2D eigenvalue weighted by Crippen LogP contribution is -2.33. The molecule has 2 N–H and O–H groups in total. The minimum Gasteiger partial charge on any atom is -0.342 e. The molecule has 0 unspecified atom stereocenters. The van der Waals surface area contributed by atoms with Crippen molar-refractivity contribution in [3.63, 3.8) is 0 Å². The molecule has 7 heteroatoms. The summed E-state index contributed by atoms with van der Waals surface area (Å²) < 4.78 is 0. The summed E-state index contributed by atoms with van der Waals surface area (Å²) in [5, 5.41) is 6.85. The number of anilines is 1. The number of benzene rings is 2. The van der Waals surface area contributed by atoms with Crippen LogP contribution in [0.3, 0.4) is 0 Å². The lowest BCUT2D eigenvalue weighted by Gasteiger charge is -2.11. The van der Waals surface area contributed by atoms with E-state index in [0.717, 1.165) is 22.4 Å². The molecule has 0 atom stereocenters. The van der Waals surface area contributed by atoms with Gasteiger partial charge in [0.25, 0.3) is 5.91 Å². The topological polar surface area (TPSA) is 71.1 Å². The molecular formula is C21H20ClN3O2S. The number of carbonyl (C=O) groups excluding carboxylic acids is 2. The van der Waals surface area contributed by atoms with Crippen molar-refractivity contribution in [1.29, 1.82) is 0 Å². The van der Waals surface area contributed by atoms with Crippen molar-refractivity contribution < 1.29 is 9.59 Å². The van der Waals surface area contributed by atoms with E-state index in [9.17, 15) is 9.59 Å². The standard InChI is InChI=1S/C21H20ClN3O2S/c1-12-6-4-7-13(2)18(12)25-17(26)11-23-20(27)19-14(3)24-21(28-19)15-8-5-9-16(22)10-15/h4-10H,11H2,1-3H3,(H,23,27)(H,25,26). The maximum absolute atomic E-state index is 12.5. The van der Waals surface area contributed by atoms with E-state index in [1.54, 1.807) is 19.1 Å². The van der Waals surface area contributed by atoms with Crippen LogP contribution in [0.4, 0.5) is 5.69 Å². The predicted molar refractivity (Wildman–Crippen MR) is 114 cm³/mol. The molecule has 0 saturated carbocycles. The smallest absolute Gasteiger partial charge is 0.263 e. The van der Waals surface area contributed by atoms with Gasteiger partial charge in [-0.3, -0.25) is 9.59 Å². The number of nitrogens with one attached hydrogen (secondary N) is 2. The molecule has 5 nitrogen and oxygen atoms in total. The number of aryl methyl sites for hydroxylation is 3. The Labute approximate surface area is 172 Å². The molecule has 1 heterocycles. The minimum atomic E-state index is -0.320. The van der Waals surface area contributed by atoms with Crippen LogP contribution in [0.5, 0.6) is 0 Å². The van der Waals surface area contributed by atoms with Crippen molar-refractivity contribution in [3.8, 4) is 10.6 Å². The maximum Gasteiger partial charge on any atom is 0.263 e. The van der Waals surface area contributed by atoms with Crippen LogP contribution < -0.4 is 10.6 Å². The Balaban J connectivity index is 1.66. The van der Waals surface area contributed by atoms with Crippen LogP contribution in [0.25, 0.3) is 10.6 Å². The summed E-state index contributed by atoms with van der Waals surface area (Å²) >= 11 is 7.31. The average Bonchev–Trinajstić information content (AvgIpc) is 3.05. The largest absolute Gasteiger partial charge is 0.342 e. The summed E-state index contributed by atoms with van der Waals surface area (Å²) in [6.07, 6.45) is 0. The van der Waals surface area contributed by atoms with Crippen LogP contribution in [-0.2, 0) is 4.79 Å². The minimum absolute atomic E-state index is 0.115. The van der Waals surface area contributed by atoms with E-state index in [2.05, 4.69) is 15.6 Å². The van der Waals surface area contributed by atoms with Crippen molar-refractivity contribution in [3.05, 3.63) is 69.2 Å². The molecule has 0 aliphatic rings. The van der Waals surface area contributed by atoms with Gasteiger partial charge in [0.2, 0.25) is 5.91 Å². The van der Waals surface area contributed by atoms with E-state index in [0.29, 0.717) is 20.6 Å². The Kier molecular flexibility index (Phi) is 6.11. The number of nitrogens with zero attached hydrogens (tertiary/aromatic N) is 1. The molecule has 0 bridgehead atoms. The number of rotatable bonds is 5. The fourth-order valence-corrected chi connectivity index (χ4v) is 3.96. The Bertz CT molecular complexity index is 1030. The van der Waals surface area contributed by atoms with E-state index >= 15 is 0 Å². The third-order valence-electron chi connectivity index (χ3n) is 4.23. The first-order chi connectivity index (χ1) is 13.3. The molecule has 2 aromatic carbocycles. The van der Waals surface area contributed by atoms with Crippen LogP contribution in [-0.4, -0.2) is 23.3 Å². The summed E-state index contributed by atoms with van der Waals surface area (Å²) in [5.41, 5.74) is 4.20. The van der Waals surface area contributed by atoms with Gasteiger partial charge in [-0.2, -0.15) is 0 Å². The maximum atomic E-state index is 12.5. The molecule has 144 valence electrons. The number of halogens is 1.